The summed E-state index contributed by atoms with van der Waals surface area (Å²) < 4.78 is 10.5. The first-order chi connectivity index (χ1) is 11.6. The highest BCUT2D eigenvalue weighted by atomic mass is 16.7. The smallest absolute Gasteiger partial charge is 0.249 e. The Hall–Kier alpha value is -2.80. The van der Waals surface area contributed by atoms with E-state index in [-0.39, 0.29) is 25.2 Å². The third-order valence-electron chi connectivity index (χ3n) is 3.81. The van der Waals surface area contributed by atoms with Crippen LogP contribution in [0.5, 0.6) is 11.5 Å². The second kappa shape index (κ2) is 7.18. The molecule has 1 unspecified atom stereocenters. The molecule has 1 aromatic carbocycles. The molecule has 0 bridgehead atoms. The van der Waals surface area contributed by atoms with Crippen LogP contribution in [0.1, 0.15) is 23.7 Å². The Labute approximate surface area is 139 Å². The minimum Gasteiger partial charge on any atom is -0.454 e. The molecule has 7 nitrogen and oxygen atoms in total. The molecule has 0 fully saturated rings. The van der Waals surface area contributed by atoms with E-state index in [0.29, 0.717) is 29.1 Å². The van der Waals surface area contributed by atoms with Crippen molar-refractivity contribution in [1.82, 2.24) is 16.0 Å². The van der Waals surface area contributed by atoms with Gasteiger partial charge in [0, 0.05) is 17.3 Å². The number of nitrogens with one attached hydrogen (secondary N) is 3. The summed E-state index contributed by atoms with van der Waals surface area (Å²) in [5.41, 5.74) is 1.18. The highest BCUT2D eigenvalue weighted by molar-refractivity contribution is 6.00. The summed E-state index contributed by atoms with van der Waals surface area (Å²) in [4.78, 5) is 24.4. The van der Waals surface area contributed by atoms with Crippen LogP contribution in [0.2, 0.25) is 0 Å². The van der Waals surface area contributed by atoms with Gasteiger partial charge in [0.2, 0.25) is 12.7 Å². The Morgan fingerprint density at radius 2 is 2.12 bits per heavy atom. The zero-order valence-electron chi connectivity index (χ0n) is 13.3. The Kier molecular flexibility index (Phi) is 4.81. The van der Waals surface area contributed by atoms with E-state index in [1.807, 2.05) is 6.08 Å². The Balaban J connectivity index is 1.49. The van der Waals surface area contributed by atoms with Gasteiger partial charge in [-0.3, -0.25) is 14.9 Å². The third-order valence-corrected chi connectivity index (χ3v) is 3.81. The molecule has 3 rings (SSSR count). The summed E-state index contributed by atoms with van der Waals surface area (Å²) in [5.74, 6) is 0.972. The molecule has 1 aromatic rings. The highest BCUT2D eigenvalue weighted by Crippen LogP contribution is 2.32. The SMILES string of the molecule is CC(NCNC(=O)C1=CNC=CC1)C(=O)c1ccc2c(c1)OCO2. The van der Waals surface area contributed by atoms with Gasteiger partial charge >= 0.3 is 0 Å². The zero-order chi connectivity index (χ0) is 16.9. The van der Waals surface area contributed by atoms with Crippen LogP contribution in [0, 0.1) is 0 Å². The number of ketones is 1. The van der Waals surface area contributed by atoms with Crippen molar-refractivity contribution in [3.63, 3.8) is 0 Å². The number of fused-ring (bicyclic) bond motifs is 1. The summed E-state index contributed by atoms with van der Waals surface area (Å²) in [6.45, 7) is 2.13. The lowest BCUT2D eigenvalue weighted by atomic mass is 10.1. The van der Waals surface area contributed by atoms with Crippen molar-refractivity contribution < 1.29 is 19.1 Å². The number of amides is 1. The van der Waals surface area contributed by atoms with E-state index in [1.165, 1.54) is 0 Å². The van der Waals surface area contributed by atoms with E-state index in [1.54, 1.807) is 37.5 Å². The first-order valence-electron chi connectivity index (χ1n) is 7.70. The van der Waals surface area contributed by atoms with Gasteiger partial charge in [-0.15, -0.1) is 0 Å². The first-order valence-corrected chi connectivity index (χ1v) is 7.70. The van der Waals surface area contributed by atoms with Gasteiger partial charge < -0.3 is 20.1 Å². The lowest BCUT2D eigenvalue weighted by Gasteiger charge is -2.15. The lowest BCUT2D eigenvalue weighted by Crippen LogP contribution is -2.42. The summed E-state index contributed by atoms with van der Waals surface area (Å²) in [7, 11) is 0. The third kappa shape index (κ3) is 3.57. The molecule has 0 spiro atoms. The van der Waals surface area contributed by atoms with Crippen LogP contribution in [0.4, 0.5) is 0 Å². The maximum absolute atomic E-state index is 12.4. The second-order valence-corrected chi connectivity index (χ2v) is 5.48. The van der Waals surface area contributed by atoms with Crippen LogP contribution >= 0.6 is 0 Å². The first kappa shape index (κ1) is 16.1. The summed E-state index contributed by atoms with van der Waals surface area (Å²) in [6.07, 6.45) is 5.90. The highest BCUT2D eigenvalue weighted by Gasteiger charge is 2.20. The number of carbonyl (C=O) groups is 2. The molecule has 24 heavy (non-hydrogen) atoms. The van der Waals surface area contributed by atoms with Gasteiger partial charge in [0.15, 0.2) is 17.3 Å². The van der Waals surface area contributed by atoms with Crippen molar-refractivity contribution in [2.24, 2.45) is 0 Å². The normalized spacial score (nSPS) is 16.1. The van der Waals surface area contributed by atoms with Crippen molar-refractivity contribution in [3.05, 3.63) is 47.8 Å². The average molecular weight is 329 g/mol. The minimum atomic E-state index is -0.441. The second-order valence-electron chi connectivity index (χ2n) is 5.48. The Bertz CT molecular complexity index is 712. The van der Waals surface area contributed by atoms with Crippen molar-refractivity contribution >= 4 is 11.7 Å². The number of carbonyl (C=O) groups excluding carboxylic acids is 2. The average Bonchev–Trinajstić information content (AvgIpc) is 3.09. The fraction of sp³-hybridized carbons (Fsp3) is 0.294. The van der Waals surface area contributed by atoms with Crippen LogP contribution in [-0.2, 0) is 4.79 Å². The topological polar surface area (TPSA) is 88.7 Å². The maximum Gasteiger partial charge on any atom is 0.249 e. The van der Waals surface area contributed by atoms with Crippen LogP contribution in [0.25, 0.3) is 0 Å². The van der Waals surface area contributed by atoms with Gasteiger partial charge in [-0.05, 0) is 37.7 Å². The fourth-order valence-corrected chi connectivity index (χ4v) is 2.41. The molecule has 0 saturated carbocycles. The summed E-state index contributed by atoms with van der Waals surface area (Å²) in [6, 6.07) is 4.66. The Morgan fingerprint density at radius 1 is 1.29 bits per heavy atom. The molecule has 2 aliphatic rings. The molecule has 0 saturated heterocycles. The van der Waals surface area contributed by atoms with Gasteiger partial charge in [-0.1, -0.05) is 6.08 Å². The lowest BCUT2D eigenvalue weighted by molar-refractivity contribution is -0.117. The molecular weight excluding hydrogens is 310 g/mol. The van der Waals surface area contributed by atoms with E-state index in [9.17, 15) is 9.59 Å². The predicted molar refractivity (Wildman–Crippen MR) is 87.5 cm³/mol. The van der Waals surface area contributed by atoms with Gasteiger partial charge in [0.1, 0.15) is 0 Å². The summed E-state index contributed by atoms with van der Waals surface area (Å²) >= 11 is 0. The largest absolute Gasteiger partial charge is 0.454 e. The number of ether oxygens (including phenoxy) is 2. The van der Waals surface area contributed by atoms with Crippen molar-refractivity contribution in [3.8, 4) is 11.5 Å². The molecule has 0 aliphatic carbocycles. The van der Waals surface area contributed by atoms with Gasteiger partial charge in [-0.25, -0.2) is 0 Å². The molecule has 2 heterocycles. The standard InChI is InChI=1S/C17H19N3O4/c1-11(19-9-20-17(22)13-3-2-6-18-8-13)16(21)12-4-5-14-15(7-12)24-10-23-14/h2,4-8,11,18-19H,3,9-10H2,1H3,(H,20,22). The van der Waals surface area contributed by atoms with E-state index >= 15 is 0 Å². The molecule has 1 atom stereocenters. The van der Waals surface area contributed by atoms with Crippen molar-refractivity contribution in [2.75, 3.05) is 13.5 Å². The van der Waals surface area contributed by atoms with Crippen LogP contribution < -0.4 is 25.4 Å². The van der Waals surface area contributed by atoms with Crippen molar-refractivity contribution in [2.45, 2.75) is 19.4 Å². The molecule has 2 aliphatic heterocycles. The number of benzene rings is 1. The van der Waals surface area contributed by atoms with Gasteiger partial charge in [0.25, 0.3) is 0 Å². The van der Waals surface area contributed by atoms with E-state index in [4.69, 9.17) is 9.47 Å². The molecule has 0 aromatic heterocycles. The zero-order valence-corrected chi connectivity index (χ0v) is 13.3. The van der Waals surface area contributed by atoms with Crippen LogP contribution in [0.3, 0.4) is 0 Å². The molecule has 3 N–H and O–H groups in total. The molecule has 0 radical (unpaired) electrons. The minimum absolute atomic E-state index is 0.0796. The quantitative estimate of drug-likeness (QED) is 0.534. The molecule has 1 amide bonds. The van der Waals surface area contributed by atoms with Crippen molar-refractivity contribution in [1.29, 1.82) is 0 Å². The number of hydrogen-bond acceptors (Lipinski definition) is 6. The monoisotopic (exact) mass is 329 g/mol. The summed E-state index contributed by atoms with van der Waals surface area (Å²) in [5, 5.41) is 8.62. The predicted octanol–water partition coefficient (Wildman–Crippen LogP) is 1.04. The van der Waals surface area contributed by atoms with Crippen LogP contribution in [0.15, 0.2) is 42.2 Å². The fourth-order valence-electron chi connectivity index (χ4n) is 2.41. The molecule has 126 valence electrons. The van der Waals surface area contributed by atoms with E-state index in [0.717, 1.165) is 0 Å². The number of dihydropyridines is 1. The van der Waals surface area contributed by atoms with Crippen LogP contribution in [-0.4, -0.2) is 31.2 Å². The van der Waals surface area contributed by atoms with E-state index < -0.39 is 6.04 Å². The van der Waals surface area contributed by atoms with Gasteiger partial charge in [0.05, 0.1) is 12.7 Å². The molecule has 7 heteroatoms. The number of allylic oxidation sites excluding steroid dienone is 1. The number of Topliss-reactive ketones (excluding diaryl/α,β-unsaturated/α-hetero) is 1. The number of hydrogen-bond donors (Lipinski definition) is 3. The maximum atomic E-state index is 12.4. The number of rotatable bonds is 6. The molecular formula is C17H19N3O4. The Morgan fingerprint density at radius 3 is 2.92 bits per heavy atom. The van der Waals surface area contributed by atoms with Gasteiger partial charge in [-0.2, -0.15) is 0 Å². The van der Waals surface area contributed by atoms with E-state index in [2.05, 4.69) is 16.0 Å².